The Hall–Kier alpha value is -2.86. The number of methoxy groups -OCH3 is 2. The number of likely N-dealkylation sites (tertiary alicyclic amines) is 1. The molecule has 3 aromatic rings. The second kappa shape index (κ2) is 9.09. The summed E-state index contributed by atoms with van der Waals surface area (Å²) in [6, 6.07) is 12.2. The van der Waals surface area contributed by atoms with E-state index in [1.807, 2.05) is 36.7 Å². The molecule has 0 bridgehead atoms. The molecule has 4 rings (SSSR count). The van der Waals surface area contributed by atoms with Crippen LogP contribution < -0.4 is 9.47 Å². The fourth-order valence-corrected chi connectivity index (χ4v) is 3.99. The van der Waals surface area contributed by atoms with Crippen molar-refractivity contribution in [3.05, 3.63) is 60.0 Å². The number of ether oxygens (including phenoxy) is 2. The number of hydrogen-bond donors (Lipinski definition) is 0. The number of pyridine rings is 1. The van der Waals surface area contributed by atoms with Crippen LogP contribution in [0.2, 0.25) is 0 Å². The maximum atomic E-state index is 5.73. The molecule has 0 N–H and O–H groups in total. The highest BCUT2D eigenvalue weighted by Crippen LogP contribution is 2.36. The van der Waals surface area contributed by atoms with Crippen LogP contribution in [0.1, 0.15) is 43.0 Å². The van der Waals surface area contributed by atoms with Gasteiger partial charge in [-0.25, -0.2) is 0 Å². The first-order valence-electron chi connectivity index (χ1n) is 10.1. The molecule has 1 atom stereocenters. The monoisotopic (exact) mass is 393 g/mol. The van der Waals surface area contributed by atoms with E-state index in [-0.39, 0.29) is 6.04 Å². The summed E-state index contributed by atoms with van der Waals surface area (Å²) in [5, 5.41) is 4.44. The van der Waals surface area contributed by atoms with Crippen molar-refractivity contribution >= 4 is 0 Å². The lowest BCUT2D eigenvalue weighted by molar-refractivity contribution is 0.184. The van der Waals surface area contributed by atoms with E-state index in [1.54, 1.807) is 14.2 Å². The minimum absolute atomic E-state index is 0.246. The summed E-state index contributed by atoms with van der Waals surface area (Å²) in [6.07, 6.45) is 8.50. The van der Waals surface area contributed by atoms with E-state index in [1.165, 1.54) is 24.8 Å². The van der Waals surface area contributed by atoms with E-state index in [4.69, 9.17) is 14.0 Å². The first-order valence-corrected chi connectivity index (χ1v) is 10.1. The summed E-state index contributed by atoms with van der Waals surface area (Å²) in [6.45, 7) is 1.93. The summed E-state index contributed by atoms with van der Waals surface area (Å²) in [5.74, 6) is 2.12. The number of hydrogen-bond acceptors (Lipinski definition) is 6. The van der Waals surface area contributed by atoms with Crippen LogP contribution in [0.3, 0.4) is 0 Å². The molecule has 0 saturated carbocycles. The van der Waals surface area contributed by atoms with Crippen molar-refractivity contribution in [2.24, 2.45) is 0 Å². The molecule has 0 radical (unpaired) electrons. The van der Waals surface area contributed by atoms with Gasteiger partial charge in [-0.1, -0.05) is 24.1 Å². The standard InChI is InChI=1S/C23H27N3O3/c1-27-21-10-9-18(13-23(21)28-2)22-14-19(25-29-22)20-8-4-3-5-12-26(20)16-17-7-6-11-24-15-17/h6-7,9-11,13-15,20H,3-5,8,12,16H2,1-2H3/t20-/m0/s1. The first kappa shape index (κ1) is 19.5. The highest BCUT2D eigenvalue weighted by Gasteiger charge is 2.26. The van der Waals surface area contributed by atoms with Gasteiger partial charge in [0, 0.05) is 30.6 Å². The van der Waals surface area contributed by atoms with Crippen LogP contribution in [-0.4, -0.2) is 35.8 Å². The third-order valence-corrected chi connectivity index (χ3v) is 5.51. The van der Waals surface area contributed by atoms with E-state index in [9.17, 15) is 0 Å². The Bertz CT molecular complexity index is 926. The average molecular weight is 393 g/mol. The summed E-state index contributed by atoms with van der Waals surface area (Å²) in [4.78, 5) is 6.76. The van der Waals surface area contributed by atoms with Gasteiger partial charge in [-0.2, -0.15) is 0 Å². The van der Waals surface area contributed by atoms with E-state index in [0.717, 1.165) is 36.5 Å². The molecule has 1 saturated heterocycles. The van der Waals surface area contributed by atoms with Gasteiger partial charge in [-0.05, 0) is 49.2 Å². The van der Waals surface area contributed by atoms with Gasteiger partial charge in [0.1, 0.15) is 5.69 Å². The van der Waals surface area contributed by atoms with Crippen molar-refractivity contribution in [2.45, 2.75) is 38.3 Å². The molecule has 1 fully saturated rings. The Kier molecular flexibility index (Phi) is 6.10. The summed E-state index contributed by atoms with van der Waals surface area (Å²) in [5.41, 5.74) is 3.14. The zero-order chi connectivity index (χ0) is 20.1. The molecule has 0 spiro atoms. The van der Waals surface area contributed by atoms with Crippen LogP contribution in [0.15, 0.2) is 53.3 Å². The Morgan fingerprint density at radius 2 is 1.97 bits per heavy atom. The summed E-state index contributed by atoms with van der Waals surface area (Å²) in [7, 11) is 3.27. The van der Waals surface area contributed by atoms with Crippen molar-refractivity contribution in [3.63, 3.8) is 0 Å². The van der Waals surface area contributed by atoms with E-state index in [0.29, 0.717) is 11.5 Å². The van der Waals surface area contributed by atoms with Crippen LogP contribution in [0.5, 0.6) is 11.5 Å². The minimum atomic E-state index is 0.246. The third kappa shape index (κ3) is 4.43. The van der Waals surface area contributed by atoms with Crippen LogP contribution >= 0.6 is 0 Å². The van der Waals surface area contributed by atoms with Gasteiger partial charge in [0.2, 0.25) is 0 Å². The molecule has 6 nitrogen and oxygen atoms in total. The third-order valence-electron chi connectivity index (χ3n) is 5.51. The predicted octanol–water partition coefficient (Wildman–Crippen LogP) is 4.87. The molecule has 0 aliphatic carbocycles. The lowest BCUT2D eigenvalue weighted by Crippen LogP contribution is -2.28. The number of benzene rings is 1. The zero-order valence-electron chi connectivity index (χ0n) is 17.0. The molecular weight excluding hydrogens is 366 g/mol. The quantitative estimate of drug-likeness (QED) is 0.595. The molecule has 2 aromatic heterocycles. The van der Waals surface area contributed by atoms with E-state index in [2.05, 4.69) is 27.2 Å². The topological polar surface area (TPSA) is 60.6 Å². The Balaban J connectivity index is 1.59. The Morgan fingerprint density at radius 1 is 1.07 bits per heavy atom. The summed E-state index contributed by atoms with van der Waals surface area (Å²) >= 11 is 0. The SMILES string of the molecule is COc1ccc(-c2cc([C@@H]3CCCCCN3Cc3cccnc3)no2)cc1OC. The second-order valence-corrected chi connectivity index (χ2v) is 7.38. The van der Waals surface area contributed by atoms with Gasteiger partial charge in [-0.15, -0.1) is 0 Å². The first-order chi connectivity index (χ1) is 14.3. The molecule has 1 aliphatic heterocycles. The fraction of sp³-hybridized carbons (Fsp3) is 0.391. The number of aromatic nitrogens is 2. The predicted molar refractivity (Wildman–Crippen MR) is 111 cm³/mol. The molecule has 3 heterocycles. The maximum Gasteiger partial charge on any atom is 0.167 e. The highest BCUT2D eigenvalue weighted by molar-refractivity contribution is 5.62. The van der Waals surface area contributed by atoms with Crippen LogP contribution in [0, 0.1) is 0 Å². The molecule has 29 heavy (non-hydrogen) atoms. The van der Waals surface area contributed by atoms with Crippen molar-refractivity contribution in [1.82, 2.24) is 15.0 Å². The molecule has 0 unspecified atom stereocenters. The van der Waals surface area contributed by atoms with E-state index >= 15 is 0 Å². The zero-order valence-corrected chi connectivity index (χ0v) is 17.0. The summed E-state index contributed by atoms with van der Waals surface area (Å²) < 4.78 is 16.5. The van der Waals surface area contributed by atoms with Gasteiger partial charge in [0.15, 0.2) is 17.3 Å². The smallest absolute Gasteiger partial charge is 0.167 e. The van der Waals surface area contributed by atoms with Gasteiger partial charge in [0.05, 0.1) is 20.3 Å². The normalized spacial score (nSPS) is 17.7. The molecule has 1 aromatic carbocycles. The van der Waals surface area contributed by atoms with Gasteiger partial charge >= 0.3 is 0 Å². The Labute approximate surface area is 171 Å². The van der Waals surface area contributed by atoms with Gasteiger partial charge in [0.25, 0.3) is 0 Å². The van der Waals surface area contributed by atoms with Crippen molar-refractivity contribution in [1.29, 1.82) is 0 Å². The van der Waals surface area contributed by atoms with Crippen molar-refractivity contribution < 1.29 is 14.0 Å². The van der Waals surface area contributed by atoms with Crippen LogP contribution in [0.25, 0.3) is 11.3 Å². The van der Waals surface area contributed by atoms with Crippen molar-refractivity contribution in [2.75, 3.05) is 20.8 Å². The van der Waals surface area contributed by atoms with Crippen LogP contribution in [-0.2, 0) is 6.54 Å². The van der Waals surface area contributed by atoms with Crippen LogP contribution in [0.4, 0.5) is 0 Å². The van der Waals surface area contributed by atoms with Gasteiger partial charge in [-0.3, -0.25) is 9.88 Å². The average Bonchev–Trinajstić information content (AvgIpc) is 3.14. The largest absolute Gasteiger partial charge is 0.493 e. The van der Waals surface area contributed by atoms with Crippen molar-refractivity contribution in [3.8, 4) is 22.8 Å². The maximum absolute atomic E-state index is 5.73. The highest BCUT2D eigenvalue weighted by atomic mass is 16.5. The minimum Gasteiger partial charge on any atom is -0.493 e. The molecule has 152 valence electrons. The second-order valence-electron chi connectivity index (χ2n) is 7.38. The number of nitrogens with zero attached hydrogens (tertiary/aromatic N) is 3. The number of rotatable bonds is 6. The lowest BCUT2D eigenvalue weighted by Gasteiger charge is -2.28. The molecular formula is C23H27N3O3. The fourth-order valence-electron chi connectivity index (χ4n) is 3.99. The van der Waals surface area contributed by atoms with E-state index < -0.39 is 0 Å². The molecule has 6 heteroatoms. The molecule has 1 aliphatic rings. The lowest BCUT2D eigenvalue weighted by atomic mass is 10.0. The molecule has 0 amide bonds. The van der Waals surface area contributed by atoms with Gasteiger partial charge < -0.3 is 14.0 Å². The Morgan fingerprint density at radius 3 is 2.76 bits per heavy atom.